The van der Waals surface area contributed by atoms with Crippen LogP contribution in [0.3, 0.4) is 0 Å². The summed E-state index contributed by atoms with van der Waals surface area (Å²) in [6, 6.07) is 5.01. The Bertz CT molecular complexity index is 699. The maximum atomic E-state index is 2.50. The molecule has 0 nitrogen and oxygen atoms in total. The fourth-order valence-electron chi connectivity index (χ4n) is 4.88. The first kappa shape index (κ1) is 24.1. The van der Waals surface area contributed by atoms with Crippen LogP contribution in [0.1, 0.15) is 99.9 Å². The minimum atomic E-state index is 1.12. The molecule has 2 aromatic rings. The first-order valence-electron chi connectivity index (χ1n) is 12.0. The molecular weight excluding hydrogens is 368 g/mol. The van der Waals surface area contributed by atoms with Crippen LogP contribution in [0.15, 0.2) is 21.9 Å². The molecule has 0 spiro atoms. The highest BCUT2D eigenvalue weighted by Crippen LogP contribution is 2.43. The Morgan fingerprint density at radius 1 is 0.414 bits per heavy atom. The van der Waals surface area contributed by atoms with E-state index in [0.717, 1.165) is 51.4 Å². The van der Waals surface area contributed by atoms with E-state index in [1.54, 1.807) is 54.3 Å². The first-order valence-corrected chi connectivity index (χ1v) is 12.9. The van der Waals surface area contributed by atoms with Gasteiger partial charge in [-0.25, -0.2) is 0 Å². The summed E-state index contributed by atoms with van der Waals surface area (Å²) in [6.07, 6.45) is 9.01. The van der Waals surface area contributed by atoms with Gasteiger partial charge in [0.25, 0.3) is 0 Å². The maximum Gasteiger partial charge on any atom is 0.0191 e. The van der Waals surface area contributed by atoms with Gasteiger partial charge in [-0.15, -0.1) is 0 Å². The smallest absolute Gasteiger partial charge is 0.0191 e. The van der Waals surface area contributed by atoms with Crippen molar-refractivity contribution in [2.75, 3.05) is 0 Å². The number of rotatable bonds is 10. The van der Waals surface area contributed by atoms with E-state index in [-0.39, 0.29) is 0 Å². The van der Waals surface area contributed by atoms with E-state index >= 15 is 0 Å². The van der Waals surface area contributed by atoms with Crippen LogP contribution in [-0.4, -0.2) is 0 Å². The Morgan fingerprint density at radius 3 is 0.828 bits per heavy atom. The monoisotopic (exact) mass is 410 g/mol. The second kappa shape index (κ2) is 11.3. The average molecular weight is 411 g/mol. The van der Waals surface area contributed by atoms with Gasteiger partial charge in [-0.3, -0.25) is 0 Å². The summed E-state index contributed by atoms with van der Waals surface area (Å²) < 4.78 is 0. The molecular formula is C28H42S. The predicted molar refractivity (Wildman–Crippen MR) is 132 cm³/mol. The molecule has 0 saturated heterocycles. The molecule has 0 heterocycles. The zero-order valence-electron chi connectivity index (χ0n) is 20.2. The average Bonchev–Trinajstić information content (AvgIpc) is 2.76. The molecule has 0 aliphatic rings. The van der Waals surface area contributed by atoms with Crippen molar-refractivity contribution in [2.45, 2.75) is 117 Å². The van der Waals surface area contributed by atoms with Gasteiger partial charge in [0.1, 0.15) is 0 Å². The van der Waals surface area contributed by atoms with Crippen molar-refractivity contribution in [3.8, 4) is 0 Å². The second-order valence-corrected chi connectivity index (χ2v) is 8.91. The maximum absolute atomic E-state index is 2.50. The van der Waals surface area contributed by atoms with Crippen LogP contribution in [0.25, 0.3) is 0 Å². The zero-order valence-corrected chi connectivity index (χ0v) is 21.0. The molecule has 0 radical (unpaired) electrons. The summed E-state index contributed by atoms with van der Waals surface area (Å²) in [4.78, 5) is 3.15. The molecule has 0 aliphatic carbocycles. The summed E-state index contributed by atoms with van der Waals surface area (Å²) >= 11 is 2.11. The third-order valence-electron chi connectivity index (χ3n) is 6.49. The lowest BCUT2D eigenvalue weighted by Crippen LogP contribution is -2.07. The number of hydrogen-bond donors (Lipinski definition) is 0. The van der Waals surface area contributed by atoms with Gasteiger partial charge in [-0.2, -0.15) is 0 Å². The summed E-state index contributed by atoms with van der Waals surface area (Å²) in [5.74, 6) is 0. The Labute approximate surface area is 184 Å². The number of benzene rings is 2. The van der Waals surface area contributed by atoms with Crippen molar-refractivity contribution in [3.63, 3.8) is 0 Å². The molecule has 0 atom stereocenters. The molecule has 0 bridgehead atoms. The summed E-state index contributed by atoms with van der Waals surface area (Å²) in [7, 11) is 0. The van der Waals surface area contributed by atoms with Gasteiger partial charge in [0.2, 0.25) is 0 Å². The largest absolute Gasteiger partial charge is 0.0889 e. The first-order chi connectivity index (χ1) is 14.0. The van der Waals surface area contributed by atoms with Crippen molar-refractivity contribution in [2.24, 2.45) is 0 Å². The number of hydrogen-bond acceptors (Lipinski definition) is 1. The quantitative estimate of drug-likeness (QED) is 0.379. The predicted octanol–water partition coefficient (Wildman–Crippen LogP) is 8.34. The molecule has 0 N–H and O–H groups in total. The van der Waals surface area contributed by atoms with Gasteiger partial charge in [-0.05, 0) is 95.9 Å². The summed E-state index contributed by atoms with van der Waals surface area (Å²) in [5, 5.41) is 0. The van der Waals surface area contributed by atoms with E-state index in [1.807, 2.05) is 0 Å². The summed E-state index contributed by atoms with van der Waals surface area (Å²) in [6.45, 7) is 18.6. The number of aryl methyl sites for hydroxylation is 4. The van der Waals surface area contributed by atoms with Crippen LogP contribution in [0, 0.1) is 0 Å². The minimum absolute atomic E-state index is 1.12. The van der Waals surface area contributed by atoms with Crippen LogP contribution in [0.2, 0.25) is 0 Å². The molecule has 160 valence electrons. The zero-order chi connectivity index (χ0) is 21.6. The van der Waals surface area contributed by atoms with E-state index in [1.165, 1.54) is 0 Å². The van der Waals surface area contributed by atoms with Crippen molar-refractivity contribution in [1.29, 1.82) is 0 Å². The molecule has 0 unspecified atom stereocenters. The lowest BCUT2D eigenvalue weighted by molar-refractivity contribution is 0.905. The highest BCUT2D eigenvalue weighted by Gasteiger charge is 2.21. The molecule has 29 heavy (non-hydrogen) atoms. The highest BCUT2D eigenvalue weighted by molar-refractivity contribution is 7.99. The SMILES string of the molecule is CCc1cc(CC)c(CC)c(Sc2c(CC)c(CC)cc(CC)c2CC)c1CC. The fourth-order valence-corrected chi connectivity index (χ4v) is 6.68. The second-order valence-electron chi connectivity index (χ2n) is 7.89. The van der Waals surface area contributed by atoms with Gasteiger partial charge in [0, 0.05) is 9.79 Å². The lowest BCUT2D eigenvalue weighted by atomic mass is 9.92. The van der Waals surface area contributed by atoms with Crippen LogP contribution in [0.4, 0.5) is 0 Å². The molecule has 0 aliphatic heterocycles. The molecule has 0 saturated carbocycles. The molecule has 0 aromatic heterocycles. The van der Waals surface area contributed by atoms with Gasteiger partial charge in [0.05, 0.1) is 0 Å². The van der Waals surface area contributed by atoms with Gasteiger partial charge >= 0.3 is 0 Å². The van der Waals surface area contributed by atoms with Crippen molar-refractivity contribution >= 4 is 11.8 Å². The normalized spacial score (nSPS) is 11.3. The standard InChI is InChI=1S/C28H42S/c1-9-19-17-20(10-2)24(14-6)27(23(19)13-5)29-28-25(15-7)21(11-3)18-22(12-4)26(28)16-8/h17-18H,9-16H2,1-8H3. The molecule has 2 rings (SSSR count). The Balaban J connectivity index is 2.85. The lowest BCUT2D eigenvalue weighted by Gasteiger charge is -2.24. The van der Waals surface area contributed by atoms with Gasteiger partial charge in [-0.1, -0.05) is 79.3 Å². The van der Waals surface area contributed by atoms with Crippen molar-refractivity contribution in [3.05, 3.63) is 56.6 Å². The molecule has 1 heteroatoms. The molecule has 0 fully saturated rings. The third-order valence-corrected chi connectivity index (χ3v) is 7.88. The minimum Gasteiger partial charge on any atom is -0.0889 e. The van der Waals surface area contributed by atoms with E-state index in [0.29, 0.717) is 0 Å². The summed E-state index contributed by atoms with van der Waals surface area (Å²) in [5.41, 5.74) is 12.6. The van der Waals surface area contributed by atoms with Crippen LogP contribution in [0.5, 0.6) is 0 Å². The van der Waals surface area contributed by atoms with E-state index in [4.69, 9.17) is 0 Å². The Morgan fingerprint density at radius 2 is 0.655 bits per heavy atom. The molecule has 0 amide bonds. The van der Waals surface area contributed by atoms with E-state index < -0.39 is 0 Å². The Hall–Kier alpha value is -1.21. The highest BCUT2D eigenvalue weighted by atomic mass is 32.2. The van der Waals surface area contributed by atoms with Crippen molar-refractivity contribution in [1.82, 2.24) is 0 Å². The van der Waals surface area contributed by atoms with E-state index in [2.05, 4.69) is 79.3 Å². The molecule has 2 aromatic carbocycles. The van der Waals surface area contributed by atoms with Crippen molar-refractivity contribution < 1.29 is 0 Å². The topological polar surface area (TPSA) is 0 Å². The fraction of sp³-hybridized carbons (Fsp3) is 0.571. The van der Waals surface area contributed by atoms with E-state index in [9.17, 15) is 0 Å². The Kier molecular flexibility index (Phi) is 9.34. The van der Waals surface area contributed by atoms with Gasteiger partial charge in [0.15, 0.2) is 0 Å². The van der Waals surface area contributed by atoms with Crippen LogP contribution < -0.4 is 0 Å². The van der Waals surface area contributed by atoms with Gasteiger partial charge < -0.3 is 0 Å². The van der Waals surface area contributed by atoms with Crippen LogP contribution in [-0.2, 0) is 51.4 Å². The van der Waals surface area contributed by atoms with Crippen LogP contribution >= 0.6 is 11.8 Å². The third kappa shape index (κ3) is 4.76.